The van der Waals surface area contributed by atoms with Gasteiger partial charge in [0.15, 0.2) is 5.13 Å². The van der Waals surface area contributed by atoms with Gasteiger partial charge >= 0.3 is 5.97 Å². The summed E-state index contributed by atoms with van der Waals surface area (Å²) in [5, 5.41) is 11.8. The fourth-order valence-electron chi connectivity index (χ4n) is 1.40. The van der Waals surface area contributed by atoms with Gasteiger partial charge in [0.1, 0.15) is 16.5 Å². The van der Waals surface area contributed by atoms with Crippen LogP contribution in [0.2, 0.25) is 0 Å². The lowest BCUT2D eigenvalue weighted by Gasteiger charge is -2.02. The van der Waals surface area contributed by atoms with Gasteiger partial charge in [-0.25, -0.2) is 18.6 Å². The van der Waals surface area contributed by atoms with E-state index in [1.54, 1.807) is 6.92 Å². The number of carboxylic acids is 1. The predicted octanol–water partition coefficient (Wildman–Crippen LogP) is 3.17. The average molecular weight is 270 g/mol. The van der Waals surface area contributed by atoms with E-state index in [9.17, 15) is 13.6 Å². The zero-order valence-corrected chi connectivity index (χ0v) is 10.0. The Hall–Kier alpha value is -2.02. The number of nitrogens with one attached hydrogen (secondary N) is 1. The van der Waals surface area contributed by atoms with Crippen molar-refractivity contribution in [1.82, 2.24) is 4.98 Å². The van der Waals surface area contributed by atoms with Gasteiger partial charge in [-0.2, -0.15) is 0 Å². The molecular formula is C11H8F2N2O2S. The summed E-state index contributed by atoms with van der Waals surface area (Å²) in [5.74, 6) is -2.52. The van der Waals surface area contributed by atoms with Gasteiger partial charge in [-0.3, -0.25) is 0 Å². The van der Waals surface area contributed by atoms with Crippen LogP contribution in [0.4, 0.5) is 19.6 Å². The minimum absolute atomic E-state index is 0.0920. The second-order valence-corrected chi connectivity index (χ2v) is 4.52. The number of anilines is 2. The van der Waals surface area contributed by atoms with Gasteiger partial charge in [-0.05, 0) is 19.1 Å². The van der Waals surface area contributed by atoms with Crippen molar-refractivity contribution < 1.29 is 18.7 Å². The van der Waals surface area contributed by atoms with Crippen molar-refractivity contribution in [3.05, 3.63) is 40.4 Å². The number of carboxylic acid groups (broad SMARTS) is 1. The predicted molar refractivity (Wildman–Crippen MR) is 63.5 cm³/mol. The lowest BCUT2D eigenvalue weighted by Crippen LogP contribution is -1.94. The Morgan fingerprint density at radius 3 is 2.44 bits per heavy atom. The van der Waals surface area contributed by atoms with Gasteiger partial charge in [-0.15, -0.1) is 0 Å². The monoisotopic (exact) mass is 270 g/mol. The molecule has 0 radical (unpaired) electrons. The summed E-state index contributed by atoms with van der Waals surface area (Å²) < 4.78 is 25.9. The maximum absolute atomic E-state index is 13.0. The summed E-state index contributed by atoms with van der Waals surface area (Å²) in [4.78, 5) is 14.9. The van der Waals surface area contributed by atoms with Crippen molar-refractivity contribution in [3.63, 3.8) is 0 Å². The molecule has 2 N–H and O–H groups in total. The van der Waals surface area contributed by atoms with E-state index in [2.05, 4.69) is 10.3 Å². The van der Waals surface area contributed by atoms with Gasteiger partial charge in [-0.1, -0.05) is 11.3 Å². The van der Waals surface area contributed by atoms with Crippen molar-refractivity contribution in [2.75, 3.05) is 5.32 Å². The third-order valence-corrected chi connectivity index (χ3v) is 3.17. The summed E-state index contributed by atoms with van der Waals surface area (Å²) >= 11 is 0.907. The zero-order valence-electron chi connectivity index (χ0n) is 9.20. The molecule has 18 heavy (non-hydrogen) atoms. The molecule has 1 aromatic heterocycles. The SMILES string of the molecule is Cc1nc(Nc2cc(F)cc(F)c2)sc1C(=O)O. The Balaban J connectivity index is 2.28. The van der Waals surface area contributed by atoms with Crippen LogP contribution in [0.5, 0.6) is 0 Å². The number of hydrogen-bond donors (Lipinski definition) is 2. The summed E-state index contributed by atoms with van der Waals surface area (Å²) in [5.41, 5.74) is 0.532. The molecule has 2 rings (SSSR count). The van der Waals surface area contributed by atoms with Crippen LogP contribution in [0, 0.1) is 18.6 Å². The van der Waals surface area contributed by atoms with Gasteiger partial charge < -0.3 is 10.4 Å². The summed E-state index contributed by atoms with van der Waals surface area (Å²) in [6.45, 7) is 1.55. The Labute approximate surface area is 105 Å². The lowest BCUT2D eigenvalue weighted by molar-refractivity contribution is 0.0701. The van der Waals surface area contributed by atoms with Crippen LogP contribution in [0.15, 0.2) is 18.2 Å². The summed E-state index contributed by atoms with van der Waals surface area (Å²) in [6.07, 6.45) is 0. The van der Waals surface area contributed by atoms with E-state index < -0.39 is 17.6 Å². The first-order chi connectivity index (χ1) is 8.45. The molecule has 1 aromatic carbocycles. The Morgan fingerprint density at radius 1 is 1.33 bits per heavy atom. The normalized spacial score (nSPS) is 10.4. The third kappa shape index (κ3) is 2.62. The average Bonchev–Trinajstić information content (AvgIpc) is 2.57. The highest BCUT2D eigenvalue weighted by Gasteiger charge is 2.14. The number of rotatable bonds is 3. The van der Waals surface area contributed by atoms with Gasteiger partial charge in [0.2, 0.25) is 0 Å². The fourth-order valence-corrected chi connectivity index (χ4v) is 2.22. The highest BCUT2D eigenvalue weighted by Crippen LogP contribution is 2.26. The van der Waals surface area contributed by atoms with E-state index in [1.807, 2.05) is 0 Å². The molecule has 0 amide bonds. The Kier molecular flexibility index (Phi) is 3.24. The molecule has 0 aliphatic heterocycles. The van der Waals surface area contributed by atoms with Crippen LogP contribution in [0.3, 0.4) is 0 Å². The first-order valence-corrected chi connectivity index (χ1v) is 5.71. The number of nitrogens with zero attached hydrogens (tertiary/aromatic N) is 1. The number of thiazole rings is 1. The molecular weight excluding hydrogens is 262 g/mol. The molecule has 2 aromatic rings. The maximum Gasteiger partial charge on any atom is 0.347 e. The first-order valence-electron chi connectivity index (χ1n) is 4.89. The topological polar surface area (TPSA) is 62.2 Å². The lowest BCUT2D eigenvalue weighted by atomic mass is 10.3. The van der Waals surface area contributed by atoms with Gasteiger partial charge in [0.25, 0.3) is 0 Å². The molecule has 0 unspecified atom stereocenters. The van der Waals surface area contributed by atoms with Crippen LogP contribution >= 0.6 is 11.3 Å². The molecule has 0 aliphatic rings. The van der Waals surface area contributed by atoms with Crippen molar-refractivity contribution >= 4 is 28.1 Å². The number of aromatic nitrogens is 1. The summed E-state index contributed by atoms with van der Waals surface area (Å²) in [7, 11) is 0. The van der Waals surface area contributed by atoms with Crippen molar-refractivity contribution in [2.24, 2.45) is 0 Å². The molecule has 94 valence electrons. The number of hydrogen-bond acceptors (Lipinski definition) is 4. The van der Waals surface area contributed by atoms with Gasteiger partial charge in [0.05, 0.1) is 5.69 Å². The zero-order chi connectivity index (χ0) is 13.3. The van der Waals surface area contributed by atoms with Crippen molar-refractivity contribution in [2.45, 2.75) is 6.92 Å². The van der Waals surface area contributed by atoms with E-state index in [1.165, 1.54) is 0 Å². The molecule has 0 saturated carbocycles. The van der Waals surface area contributed by atoms with Crippen LogP contribution in [0.25, 0.3) is 0 Å². The van der Waals surface area contributed by atoms with Crippen LogP contribution in [-0.4, -0.2) is 16.1 Å². The Morgan fingerprint density at radius 2 is 1.94 bits per heavy atom. The van der Waals surface area contributed by atoms with E-state index in [0.717, 1.165) is 29.5 Å². The van der Waals surface area contributed by atoms with E-state index >= 15 is 0 Å². The highest BCUT2D eigenvalue weighted by molar-refractivity contribution is 7.17. The molecule has 0 bridgehead atoms. The maximum atomic E-state index is 13.0. The van der Waals surface area contributed by atoms with Crippen LogP contribution in [0.1, 0.15) is 15.4 Å². The Bertz CT molecular complexity index is 593. The molecule has 0 atom stereocenters. The van der Waals surface area contributed by atoms with Crippen LogP contribution < -0.4 is 5.32 Å². The highest BCUT2D eigenvalue weighted by atomic mass is 32.1. The standard InChI is InChI=1S/C11H8F2N2O2S/c1-5-9(10(16)17)18-11(14-5)15-8-3-6(12)2-7(13)4-8/h2-4H,1H3,(H,14,15)(H,16,17). The number of halogens is 2. The minimum Gasteiger partial charge on any atom is -0.477 e. The molecule has 0 saturated heterocycles. The summed E-state index contributed by atoms with van der Waals surface area (Å²) in [6, 6.07) is 2.95. The molecule has 1 heterocycles. The van der Waals surface area contributed by atoms with E-state index in [4.69, 9.17) is 5.11 Å². The smallest absolute Gasteiger partial charge is 0.347 e. The molecule has 0 fully saturated rings. The van der Waals surface area contributed by atoms with Crippen LogP contribution in [-0.2, 0) is 0 Å². The fraction of sp³-hybridized carbons (Fsp3) is 0.0909. The number of carbonyl (C=O) groups is 1. The van der Waals surface area contributed by atoms with E-state index in [-0.39, 0.29) is 15.7 Å². The quantitative estimate of drug-likeness (QED) is 0.899. The number of aryl methyl sites for hydroxylation is 1. The molecule has 0 aliphatic carbocycles. The second kappa shape index (κ2) is 4.69. The number of aromatic carboxylic acids is 1. The second-order valence-electron chi connectivity index (χ2n) is 3.52. The van der Waals surface area contributed by atoms with Crippen molar-refractivity contribution in [3.8, 4) is 0 Å². The van der Waals surface area contributed by atoms with Gasteiger partial charge in [0, 0.05) is 11.8 Å². The third-order valence-electron chi connectivity index (χ3n) is 2.10. The van der Waals surface area contributed by atoms with E-state index in [0.29, 0.717) is 5.69 Å². The molecule has 0 spiro atoms. The first kappa shape index (κ1) is 12.4. The molecule has 7 heteroatoms. The van der Waals surface area contributed by atoms with Crippen molar-refractivity contribution in [1.29, 1.82) is 0 Å². The largest absolute Gasteiger partial charge is 0.477 e. The minimum atomic E-state index is -1.08. The number of benzene rings is 1. The molecule has 4 nitrogen and oxygen atoms in total.